The van der Waals surface area contributed by atoms with Crippen LogP contribution in [0.1, 0.15) is 32.2 Å². The Balaban J connectivity index is 2.17. The second-order valence-electron chi connectivity index (χ2n) is 7.16. The number of hydrogen-bond donors (Lipinski definition) is 0. The topological polar surface area (TPSA) is 25.8 Å². The zero-order valence-corrected chi connectivity index (χ0v) is 14.8. The number of pyridine rings is 2. The Labute approximate surface area is 150 Å². The molecule has 0 fully saturated rings. The fourth-order valence-corrected chi connectivity index (χ4v) is 2.71. The zero-order valence-electron chi connectivity index (χ0n) is 14.8. The second kappa shape index (κ2) is 6.56. The Morgan fingerprint density at radius 3 is 2.08 bits per heavy atom. The van der Waals surface area contributed by atoms with Crippen molar-refractivity contribution in [1.29, 1.82) is 0 Å². The van der Waals surface area contributed by atoms with Crippen LogP contribution in [0.2, 0.25) is 0 Å². The molecule has 2 heterocycles. The minimum atomic E-state index is -4.52. The Morgan fingerprint density at radius 2 is 1.46 bits per heavy atom. The third-order valence-electron chi connectivity index (χ3n) is 4.10. The number of benzene rings is 1. The van der Waals surface area contributed by atoms with Gasteiger partial charge in [-0.05, 0) is 29.3 Å². The van der Waals surface area contributed by atoms with E-state index in [9.17, 15) is 13.2 Å². The van der Waals surface area contributed by atoms with Crippen molar-refractivity contribution in [1.82, 2.24) is 9.97 Å². The summed E-state index contributed by atoms with van der Waals surface area (Å²) >= 11 is 0. The number of aromatic nitrogens is 2. The first-order valence-corrected chi connectivity index (χ1v) is 8.26. The van der Waals surface area contributed by atoms with Crippen LogP contribution >= 0.6 is 0 Å². The first kappa shape index (κ1) is 18.1. The molecule has 0 atom stereocenters. The normalized spacial score (nSPS) is 12.2. The second-order valence-corrected chi connectivity index (χ2v) is 7.16. The van der Waals surface area contributed by atoms with Crippen LogP contribution < -0.4 is 0 Å². The average Bonchev–Trinajstić information content (AvgIpc) is 2.60. The maximum atomic E-state index is 13.4. The van der Waals surface area contributed by atoms with Crippen LogP contribution in [0.25, 0.3) is 22.3 Å². The lowest BCUT2D eigenvalue weighted by atomic mass is 9.90. The molecule has 0 amide bonds. The molecule has 0 radical (unpaired) electrons. The molecule has 0 unspecified atom stereocenters. The minimum absolute atomic E-state index is 0.0738. The molecule has 0 N–H and O–H groups in total. The molecule has 0 saturated heterocycles. The number of halogens is 3. The largest absolute Gasteiger partial charge is 0.433 e. The average molecular weight is 356 g/mol. The molecular weight excluding hydrogens is 337 g/mol. The standard InChI is InChI=1S/C21H19F3N2/c1-20(2,3)18-12-15(9-10-25-18)16-11-17(14-7-5-4-6-8-14)19(26-13-16)21(22,23)24/h4-13H,1-3H3. The summed E-state index contributed by atoms with van der Waals surface area (Å²) < 4.78 is 40.2. The molecule has 26 heavy (non-hydrogen) atoms. The molecule has 3 aromatic rings. The summed E-state index contributed by atoms with van der Waals surface area (Å²) in [6.45, 7) is 6.12. The van der Waals surface area contributed by atoms with Crippen LogP contribution in [0.5, 0.6) is 0 Å². The fraction of sp³-hybridized carbons (Fsp3) is 0.238. The maximum Gasteiger partial charge on any atom is 0.433 e. The molecule has 5 heteroatoms. The number of hydrogen-bond acceptors (Lipinski definition) is 2. The van der Waals surface area contributed by atoms with Crippen molar-refractivity contribution >= 4 is 0 Å². The number of rotatable bonds is 2. The van der Waals surface area contributed by atoms with Crippen LogP contribution in [0, 0.1) is 0 Å². The van der Waals surface area contributed by atoms with E-state index in [1.54, 1.807) is 48.7 Å². The van der Waals surface area contributed by atoms with Gasteiger partial charge in [0.15, 0.2) is 5.69 Å². The van der Waals surface area contributed by atoms with E-state index in [4.69, 9.17) is 0 Å². The predicted octanol–water partition coefficient (Wildman–Crippen LogP) is 6.13. The van der Waals surface area contributed by atoms with Crippen molar-refractivity contribution in [2.75, 3.05) is 0 Å². The Morgan fingerprint density at radius 1 is 0.769 bits per heavy atom. The maximum absolute atomic E-state index is 13.4. The molecule has 0 bridgehead atoms. The summed E-state index contributed by atoms with van der Waals surface area (Å²) in [5, 5.41) is 0. The number of nitrogens with zero attached hydrogens (tertiary/aromatic N) is 2. The van der Waals surface area contributed by atoms with Crippen LogP contribution in [-0.2, 0) is 11.6 Å². The van der Waals surface area contributed by atoms with Crippen LogP contribution in [0.4, 0.5) is 13.2 Å². The molecule has 134 valence electrons. The predicted molar refractivity (Wildman–Crippen MR) is 96.6 cm³/mol. The van der Waals surface area contributed by atoms with Gasteiger partial charge < -0.3 is 0 Å². The molecule has 1 aromatic carbocycles. The lowest BCUT2D eigenvalue weighted by Gasteiger charge is -2.19. The molecule has 2 aromatic heterocycles. The third-order valence-corrected chi connectivity index (χ3v) is 4.10. The summed E-state index contributed by atoms with van der Waals surface area (Å²) in [4.78, 5) is 8.12. The highest BCUT2D eigenvalue weighted by Gasteiger charge is 2.35. The molecule has 3 rings (SSSR count). The van der Waals surface area contributed by atoms with Gasteiger partial charge in [-0.3, -0.25) is 9.97 Å². The molecule has 0 spiro atoms. The fourth-order valence-electron chi connectivity index (χ4n) is 2.71. The third kappa shape index (κ3) is 3.77. The molecule has 0 aliphatic rings. The SMILES string of the molecule is CC(C)(C)c1cc(-c2cnc(C(F)(F)F)c(-c3ccccc3)c2)ccn1. The van der Waals surface area contributed by atoms with E-state index in [0.717, 1.165) is 11.3 Å². The lowest BCUT2D eigenvalue weighted by molar-refractivity contribution is -0.140. The highest BCUT2D eigenvalue weighted by atomic mass is 19.4. The lowest BCUT2D eigenvalue weighted by Crippen LogP contribution is -2.13. The van der Waals surface area contributed by atoms with Gasteiger partial charge in [0.1, 0.15) is 0 Å². The Hall–Kier alpha value is -2.69. The van der Waals surface area contributed by atoms with Crippen molar-refractivity contribution in [3.8, 4) is 22.3 Å². The van der Waals surface area contributed by atoms with Crippen LogP contribution in [-0.4, -0.2) is 9.97 Å². The summed E-state index contributed by atoms with van der Waals surface area (Å²) in [7, 11) is 0. The quantitative estimate of drug-likeness (QED) is 0.552. The molecule has 0 aliphatic heterocycles. The van der Waals surface area contributed by atoms with Crippen LogP contribution in [0.3, 0.4) is 0 Å². The first-order valence-electron chi connectivity index (χ1n) is 8.26. The first-order chi connectivity index (χ1) is 12.2. The molecule has 2 nitrogen and oxygen atoms in total. The van der Waals surface area contributed by atoms with Gasteiger partial charge in [0.05, 0.1) is 0 Å². The highest BCUT2D eigenvalue weighted by molar-refractivity contribution is 5.74. The van der Waals surface area contributed by atoms with E-state index >= 15 is 0 Å². The Bertz CT molecular complexity index is 911. The van der Waals surface area contributed by atoms with Gasteiger partial charge in [0, 0.05) is 34.6 Å². The molecule has 0 saturated carbocycles. The van der Waals surface area contributed by atoms with Crippen molar-refractivity contribution in [3.63, 3.8) is 0 Å². The van der Waals surface area contributed by atoms with E-state index in [-0.39, 0.29) is 11.0 Å². The summed E-state index contributed by atoms with van der Waals surface area (Å²) in [6, 6.07) is 13.7. The summed E-state index contributed by atoms with van der Waals surface area (Å²) in [5.41, 5.74) is 1.82. The van der Waals surface area contributed by atoms with Gasteiger partial charge in [-0.1, -0.05) is 51.1 Å². The minimum Gasteiger partial charge on any atom is -0.261 e. The van der Waals surface area contributed by atoms with Gasteiger partial charge in [-0.15, -0.1) is 0 Å². The van der Waals surface area contributed by atoms with Gasteiger partial charge in [0.25, 0.3) is 0 Å². The Kier molecular flexibility index (Phi) is 4.57. The van der Waals surface area contributed by atoms with E-state index in [0.29, 0.717) is 11.1 Å². The van der Waals surface area contributed by atoms with E-state index in [2.05, 4.69) is 9.97 Å². The van der Waals surface area contributed by atoms with Crippen molar-refractivity contribution < 1.29 is 13.2 Å². The van der Waals surface area contributed by atoms with E-state index < -0.39 is 11.9 Å². The molecular formula is C21H19F3N2. The summed E-state index contributed by atoms with van der Waals surface area (Å²) in [6.07, 6.45) is -1.56. The van der Waals surface area contributed by atoms with Crippen molar-refractivity contribution in [2.24, 2.45) is 0 Å². The zero-order chi connectivity index (χ0) is 18.9. The smallest absolute Gasteiger partial charge is 0.261 e. The number of alkyl halides is 3. The van der Waals surface area contributed by atoms with Crippen molar-refractivity contribution in [2.45, 2.75) is 32.4 Å². The van der Waals surface area contributed by atoms with Crippen LogP contribution in [0.15, 0.2) is 60.9 Å². The van der Waals surface area contributed by atoms with Gasteiger partial charge in [-0.25, -0.2) is 0 Å². The monoisotopic (exact) mass is 356 g/mol. The summed E-state index contributed by atoms with van der Waals surface area (Å²) in [5.74, 6) is 0. The van der Waals surface area contributed by atoms with E-state index in [1.165, 1.54) is 6.20 Å². The molecule has 0 aliphatic carbocycles. The van der Waals surface area contributed by atoms with Crippen molar-refractivity contribution in [3.05, 3.63) is 72.3 Å². The van der Waals surface area contributed by atoms with Gasteiger partial charge in [0.2, 0.25) is 0 Å². The highest BCUT2D eigenvalue weighted by Crippen LogP contribution is 2.37. The van der Waals surface area contributed by atoms with Gasteiger partial charge >= 0.3 is 6.18 Å². The van der Waals surface area contributed by atoms with Gasteiger partial charge in [-0.2, -0.15) is 13.2 Å². The van der Waals surface area contributed by atoms with E-state index in [1.807, 2.05) is 26.8 Å².